The summed E-state index contributed by atoms with van der Waals surface area (Å²) in [6.07, 6.45) is 12.4. The minimum atomic E-state index is -0.0693. The standard InChI is InChI=1S/C36H43N5O2/c1-25-26(2)40-34(27(3)39-25)24-43-29-19-16-28(17-20-29)18-21-35(42)37-22-10-4-5-11-23-38-36-30-12-6-8-14-32(30)41-33-15-9-7-13-31(33)36/h6,8,12,14,16-21H,4-5,7,9-11,13,15,22-24H2,1-3H3,(H,37,42)(H,38,41)/b21-18+. The number of pyridine rings is 1. The number of anilines is 1. The predicted octanol–water partition coefficient (Wildman–Crippen LogP) is 7.21. The molecule has 0 saturated heterocycles. The van der Waals surface area contributed by atoms with Gasteiger partial charge in [0.2, 0.25) is 5.91 Å². The molecule has 0 aliphatic heterocycles. The molecule has 0 unspecified atom stereocenters. The van der Waals surface area contributed by atoms with Crippen molar-refractivity contribution >= 4 is 28.6 Å². The summed E-state index contributed by atoms with van der Waals surface area (Å²) in [6.45, 7) is 7.89. The Hall–Kier alpha value is -4.26. The van der Waals surface area contributed by atoms with E-state index in [-0.39, 0.29) is 5.91 Å². The molecular weight excluding hydrogens is 534 g/mol. The summed E-state index contributed by atoms with van der Waals surface area (Å²) in [4.78, 5) is 26.3. The molecule has 1 aliphatic carbocycles. The van der Waals surface area contributed by atoms with Crippen molar-refractivity contribution in [2.75, 3.05) is 18.4 Å². The number of hydrogen-bond acceptors (Lipinski definition) is 6. The van der Waals surface area contributed by atoms with E-state index in [0.717, 1.165) is 84.7 Å². The Morgan fingerprint density at radius 1 is 0.837 bits per heavy atom. The minimum Gasteiger partial charge on any atom is -0.487 e. The number of unbranched alkanes of at least 4 members (excludes halogenated alkanes) is 3. The summed E-state index contributed by atoms with van der Waals surface area (Å²) >= 11 is 0. The van der Waals surface area contributed by atoms with Gasteiger partial charge in [0.05, 0.1) is 28.3 Å². The zero-order valence-electron chi connectivity index (χ0n) is 25.7. The summed E-state index contributed by atoms with van der Waals surface area (Å²) in [6, 6.07) is 16.2. The number of para-hydroxylation sites is 1. The third-order valence-electron chi connectivity index (χ3n) is 8.14. The minimum absolute atomic E-state index is 0.0693. The number of aromatic nitrogens is 3. The van der Waals surface area contributed by atoms with Gasteiger partial charge in [-0.05, 0) is 94.7 Å². The van der Waals surface area contributed by atoms with E-state index < -0.39 is 0 Å². The van der Waals surface area contributed by atoms with Gasteiger partial charge in [-0.2, -0.15) is 0 Å². The van der Waals surface area contributed by atoms with Gasteiger partial charge in [-0.3, -0.25) is 19.7 Å². The molecule has 224 valence electrons. The quantitative estimate of drug-likeness (QED) is 0.129. The number of benzene rings is 2. The zero-order chi connectivity index (χ0) is 30.0. The van der Waals surface area contributed by atoms with Gasteiger partial charge in [0.25, 0.3) is 0 Å². The fourth-order valence-electron chi connectivity index (χ4n) is 5.56. The molecule has 4 aromatic rings. The lowest BCUT2D eigenvalue weighted by Crippen LogP contribution is -2.22. The number of carbonyl (C=O) groups is 1. The van der Waals surface area contributed by atoms with Crippen molar-refractivity contribution in [2.24, 2.45) is 0 Å². The lowest BCUT2D eigenvalue weighted by Gasteiger charge is -2.21. The van der Waals surface area contributed by atoms with Crippen molar-refractivity contribution in [3.8, 4) is 5.75 Å². The number of nitrogens with zero attached hydrogens (tertiary/aromatic N) is 3. The van der Waals surface area contributed by atoms with Gasteiger partial charge >= 0.3 is 0 Å². The second-order valence-corrected chi connectivity index (χ2v) is 11.4. The number of nitrogens with one attached hydrogen (secondary N) is 2. The van der Waals surface area contributed by atoms with Crippen LogP contribution in [0.2, 0.25) is 0 Å². The van der Waals surface area contributed by atoms with E-state index in [1.807, 2.05) is 51.1 Å². The van der Waals surface area contributed by atoms with Crippen molar-refractivity contribution in [3.05, 3.63) is 94.2 Å². The van der Waals surface area contributed by atoms with E-state index in [2.05, 4.69) is 44.9 Å². The van der Waals surface area contributed by atoms with Crippen molar-refractivity contribution < 1.29 is 9.53 Å². The average molecular weight is 578 g/mol. The first kappa shape index (κ1) is 30.2. The van der Waals surface area contributed by atoms with Crippen LogP contribution in [0.3, 0.4) is 0 Å². The highest BCUT2D eigenvalue weighted by molar-refractivity contribution is 5.93. The molecular formula is C36H43N5O2. The highest BCUT2D eigenvalue weighted by Gasteiger charge is 2.17. The molecule has 0 fully saturated rings. The van der Waals surface area contributed by atoms with E-state index in [1.54, 1.807) is 6.08 Å². The van der Waals surface area contributed by atoms with Crippen LogP contribution in [0, 0.1) is 20.8 Å². The van der Waals surface area contributed by atoms with Gasteiger partial charge in [-0.25, -0.2) is 0 Å². The lowest BCUT2D eigenvalue weighted by atomic mass is 9.92. The van der Waals surface area contributed by atoms with Gasteiger partial charge < -0.3 is 15.4 Å². The fourth-order valence-corrected chi connectivity index (χ4v) is 5.56. The Morgan fingerprint density at radius 3 is 2.42 bits per heavy atom. The molecule has 2 N–H and O–H groups in total. The Balaban J connectivity index is 0.978. The van der Waals surface area contributed by atoms with Crippen molar-refractivity contribution in [3.63, 3.8) is 0 Å². The largest absolute Gasteiger partial charge is 0.487 e. The first-order valence-electron chi connectivity index (χ1n) is 15.6. The molecule has 2 aromatic carbocycles. The topological polar surface area (TPSA) is 89.0 Å². The van der Waals surface area contributed by atoms with Crippen LogP contribution in [0.15, 0.2) is 54.6 Å². The molecule has 7 nitrogen and oxygen atoms in total. The number of aryl methyl sites for hydroxylation is 4. The number of rotatable bonds is 13. The maximum atomic E-state index is 12.3. The summed E-state index contributed by atoms with van der Waals surface area (Å²) in [5.74, 6) is 0.685. The SMILES string of the molecule is Cc1nc(C)c(COc2ccc(/C=C/C(=O)NCCCCCCNc3c4c(nc5ccccc35)CCCC4)cc2)nc1C. The van der Waals surface area contributed by atoms with Crippen LogP contribution in [-0.4, -0.2) is 33.9 Å². The molecule has 0 spiro atoms. The second kappa shape index (κ2) is 14.8. The van der Waals surface area contributed by atoms with Crippen LogP contribution in [-0.2, 0) is 24.2 Å². The molecule has 0 bridgehead atoms. The Morgan fingerprint density at radius 2 is 1.58 bits per heavy atom. The van der Waals surface area contributed by atoms with Crippen LogP contribution in [0.4, 0.5) is 5.69 Å². The van der Waals surface area contributed by atoms with Crippen LogP contribution in [0.25, 0.3) is 17.0 Å². The maximum absolute atomic E-state index is 12.3. The highest BCUT2D eigenvalue weighted by atomic mass is 16.5. The van der Waals surface area contributed by atoms with E-state index in [1.165, 1.54) is 35.2 Å². The number of hydrogen-bond donors (Lipinski definition) is 2. The number of carbonyl (C=O) groups excluding carboxylic acids is 1. The average Bonchev–Trinajstić information content (AvgIpc) is 3.02. The Kier molecular flexibility index (Phi) is 10.4. The van der Waals surface area contributed by atoms with E-state index >= 15 is 0 Å². The fraction of sp³-hybridized carbons (Fsp3) is 0.389. The Labute approximate surface area is 255 Å². The normalized spacial score (nSPS) is 12.8. The molecule has 7 heteroatoms. The molecule has 2 heterocycles. The molecule has 5 rings (SSSR count). The molecule has 43 heavy (non-hydrogen) atoms. The molecule has 0 saturated carbocycles. The molecule has 0 radical (unpaired) electrons. The monoisotopic (exact) mass is 577 g/mol. The van der Waals surface area contributed by atoms with Crippen LogP contribution >= 0.6 is 0 Å². The first-order chi connectivity index (χ1) is 21.0. The lowest BCUT2D eigenvalue weighted by molar-refractivity contribution is -0.116. The van der Waals surface area contributed by atoms with E-state index in [4.69, 9.17) is 9.72 Å². The van der Waals surface area contributed by atoms with Crippen molar-refractivity contribution in [2.45, 2.75) is 78.7 Å². The van der Waals surface area contributed by atoms with Crippen LogP contribution < -0.4 is 15.4 Å². The molecule has 1 aliphatic rings. The number of ether oxygens (including phenoxy) is 1. The van der Waals surface area contributed by atoms with Gasteiger partial charge in [0.15, 0.2) is 0 Å². The van der Waals surface area contributed by atoms with E-state index in [0.29, 0.717) is 13.2 Å². The molecule has 1 amide bonds. The smallest absolute Gasteiger partial charge is 0.243 e. The van der Waals surface area contributed by atoms with E-state index in [9.17, 15) is 4.79 Å². The van der Waals surface area contributed by atoms with Gasteiger partial charge in [-0.1, -0.05) is 43.2 Å². The third-order valence-corrected chi connectivity index (χ3v) is 8.14. The van der Waals surface area contributed by atoms with Crippen molar-refractivity contribution in [1.29, 1.82) is 0 Å². The summed E-state index contributed by atoms with van der Waals surface area (Å²) in [5.41, 5.74) is 9.62. The summed E-state index contributed by atoms with van der Waals surface area (Å²) in [7, 11) is 0. The van der Waals surface area contributed by atoms with Gasteiger partial charge in [0.1, 0.15) is 12.4 Å². The van der Waals surface area contributed by atoms with Crippen LogP contribution in [0.1, 0.15) is 78.1 Å². The molecule has 2 aromatic heterocycles. The van der Waals surface area contributed by atoms with Gasteiger partial charge in [0, 0.05) is 35.9 Å². The maximum Gasteiger partial charge on any atom is 0.243 e. The van der Waals surface area contributed by atoms with Crippen molar-refractivity contribution in [1.82, 2.24) is 20.3 Å². The summed E-state index contributed by atoms with van der Waals surface area (Å²) in [5, 5.41) is 7.99. The van der Waals surface area contributed by atoms with Crippen LogP contribution in [0.5, 0.6) is 5.75 Å². The summed E-state index contributed by atoms with van der Waals surface area (Å²) < 4.78 is 5.90. The Bertz CT molecular complexity index is 1580. The third kappa shape index (κ3) is 8.19. The highest BCUT2D eigenvalue weighted by Crippen LogP contribution is 2.33. The predicted molar refractivity (Wildman–Crippen MR) is 174 cm³/mol. The van der Waals surface area contributed by atoms with Gasteiger partial charge in [-0.15, -0.1) is 0 Å². The first-order valence-corrected chi connectivity index (χ1v) is 15.6. The second-order valence-electron chi connectivity index (χ2n) is 11.4. The molecule has 0 atom stereocenters. The number of amides is 1. The zero-order valence-corrected chi connectivity index (χ0v) is 25.7. The number of fused-ring (bicyclic) bond motifs is 2.